The molecule has 5 nitrogen and oxygen atoms in total. The average Bonchev–Trinajstić information content (AvgIpc) is 3.20. The Morgan fingerprint density at radius 3 is 2.78 bits per heavy atom. The molecule has 0 spiro atoms. The van der Waals surface area contributed by atoms with E-state index < -0.39 is 0 Å². The van der Waals surface area contributed by atoms with E-state index in [0.29, 0.717) is 5.02 Å². The lowest BCUT2D eigenvalue weighted by Crippen LogP contribution is -2.13. The molecule has 4 rings (SSSR count). The number of nitrogens with zero attached hydrogens (tertiary/aromatic N) is 3. The van der Waals surface area contributed by atoms with Gasteiger partial charge in [0.2, 0.25) is 5.91 Å². The van der Waals surface area contributed by atoms with Crippen molar-refractivity contribution in [2.24, 2.45) is 5.73 Å². The summed E-state index contributed by atoms with van der Waals surface area (Å²) in [6, 6.07) is 7.72. The number of aromatic nitrogens is 3. The molecule has 0 bridgehead atoms. The molecule has 0 fully saturated rings. The van der Waals surface area contributed by atoms with Gasteiger partial charge in [0.25, 0.3) is 0 Å². The highest BCUT2D eigenvalue weighted by Crippen LogP contribution is 2.41. The van der Waals surface area contributed by atoms with Gasteiger partial charge in [-0.15, -0.1) is 22.7 Å². The minimum Gasteiger partial charge on any atom is -0.369 e. The molecule has 1 aromatic carbocycles. The van der Waals surface area contributed by atoms with Crippen molar-refractivity contribution in [1.82, 2.24) is 15.0 Å². The summed E-state index contributed by atoms with van der Waals surface area (Å²) in [5.41, 5.74) is 8.28. The van der Waals surface area contributed by atoms with Crippen molar-refractivity contribution in [3.05, 3.63) is 51.6 Å². The molecular formula is C18H13ClN4OS3. The summed E-state index contributed by atoms with van der Waals surface area (Å²) in [5, 5.41) is 4.62. The molecule has 136 valence electrons. The molecule has 4 aromatic rings. The molecule has 1 amide bonds. The first-order valence-corrected chi connectivity index (χ1v) is 10.8. The van der Waals surface area contributed by atoms with Crippen LogP contribution in [0.3, 0.4) is 0 Å². The zero-order valence-corrected chi connectivity index (χ0v) is 17.3. The highest BCUT2D eigenvalue weighted by Gasteiger charge is 2.17. The second kappa shape index (κ2) is 7.55. The normalized spacial score (nSPS) is 11.2. The molecular weight excluding hydrogens is 420 g/mol. The first-order valence-electron chi connectivity index (χ1n) is 7.92. The minimum atomic E-state index is -0.356. The lowest BCUT2D eigenvalue weighted by atomic mass is 10.1. The Labute approximate surface area is 172 Å². The number of thiazole rings is 1. The summed E-state index contributed by atoms with van der Waals surface area (Å²) in [4.78, 5) is 26.5. The molecule has 0 aliphatic carbocycles. The van der Waals surface area contributed by atoms with Crippen LogP contribution in [0.2, 0.25) is 5.02 Å². The predicted molar refractivity (Wildman–Crippen MR) is 112 cm³/mol. The molecule has 0 unspecified atom stereocenters. The highest BCUT2D eigenvalue weighted by atomic mass is 35.5. The van der Waals surface area contributed by atoms with Crippen molar-refractivity contribution in [3.63, 3.8) is 0 Å². The van der Waals surface area contributed by atoms with E-state index in [9.17, 15) is 4.79 Å². The summed E-state index contributed by atoms with van der Waals surface area (Å²) < 4.78 is 0.831. The largest absolute Gasteiger partial charge is 0.369 e. The van der Waals surface area contributed by atoms with Crippen molar-refractivity contribution in [2.45, 2.75) is 22.7 Å². The van der Waals surface area contributed by atoms with Crippen molar-refractivity contribution >= 4 is 62.2 Å². The van der Waals surface area contributed by atoms with E-state index in [1.807, 2.05) is 31.2 Å². The van der Waals surface area contributed by atoms with Crippen LogP contribution in [-0.4, -0.2) is 20.9 Å². The van der Waals surface area contributed by atoms with Gasteiger partial charge in [-0.2, -0.15) is 0 Å². The number of fused-ring (bicyclic) bond motifs is 1. The third-order valence-corrected chi connectivity index (χ3v) is 7.24. The fourth-order valence-electron chi connectivity index (χ4n) is 2.62. The number of rotatable bonds is 5. The topological polar surface area (TPSA) is 81.8 Å². The van der Waals surface area contributed by atoms with Gasteiger partial charge < -0.3 is 5.73 Å². The zero-order chi connectivity index (χ0) is 19.0. The Morgan fingerprint density at radius 2 is 2.04 bits per heavy atom. The maximum Gasteiger partial charge on any atom is 0.222 e. The molecule has 0 aliphatic heterocycles. The summed E-state index contributed by atoms with van der Waals surface area (Å²) in [5.74, 6) is -0.356. The SMILES string of the molecule is Cc1nc(Sc2ncnc3scc(-c4ccc(Cl)cc4)c23)sc1CC(N)=O. The van der Waals surface area contributed by atoms with Crippen LogP contribution >= 0.6 is 46.0 Å². The maximum absolute atomic E-state index is 11.2. The molecule has 27 heavy (non-hydrogen) atoms. The average molecular weight is 433 g/mol. The van der Waals surface area contributed by atoms with Crippen molar-refractivity contribution in [2.75, 3.05) is 0 Å². The first kappa shape index (κ1) is 18.4. The Hall–Kier alpha value is -2.00. The van der Waals surface area contributed by atoms with Gasteiger partial charge in [-0.05, 0) is 36.4 Å². The van der Waals surface area contributed by atoms with E-state index in [1.54, 1.807) is 17.7 Å². The molecule has 0 atom stereocenters. The first-order chi connectivity index (χ1) is 13.0. The third-order valence-electron chi connectivity index (χ3n) is 3.88. The van der Waals surface area contributed by atoms with E-state index in [-0.39, 0.29) is 12.3 Å². The number of aryl methyl sites for hydroxylation is 1. The second-order valence-corrected chi connectivity index (χ2v) is 9.36. The van der Waals surface area contributed by atoms with E-state index in [1.165, 1.54) is 23.1 Å². The number of nitrogens with two attached hydrogens (primary N) is 1. The molecule has 2 N–H and O–H groups in total. The maximum atomic E-state index is 11.2. The van der Waals surface area contributed by atoms with Crippen LogP contribution in [0.25, 0.3) is 21.3 Å². The number of halogens is 1. The molecule has 0 aliphatic rings. The van der Waals surface area contributed by atoms with Gasteiger partial charge >= 0.3 is 0 Å². The van der Waals surface area contributed by atoms with Crippen LogP contribution in [0, 0.1) is 6.92 Å². The van der Waals surface area contributed by atoms with Gasteiger partial charge in [-0.1, -0.05) is 23.7 Å². The molecule has 3 aromatic heterocycles. The van der Waals surface area contributed by atoms with Crippen molar-refractivity contribution in [3.8, 4) is 11.1 Å². The van der Waals surface area contributed by atoms with Gasteiger partial charge in [-0.3, -0.25) is 4.79 Å². The Bertz CT molecular complexity index is 1140. The Kier molecular flexibility index (Phi) is 5.14. The number of thiophene rings is 1. The smallest absolute Gasteiger partial charge is 0.222 e. The highest BCUT2D eigenvalue weighted by molar-refractivity contribution is 8.01. The summed E-state index contributed by atoms with van der Waals surface area (Å²) >= 11 is 10.6. The number of hydrogen-bond acceptors (Lipinski definition) is 7. The van der Waals surface area contributed by atoms with E-state index >= 15 is 0 Å². The lowest BCUT2D eigenvalue weighted by Gasteiger charge is -2.04. The van der Waals surface area contributed by atoms with Crippen molar-refractivity contribution in [1.29, 1.82) is 0 Å². The van der Waals surface area contributed by atoms with Crippen molar-refractivity contribution < 1.29 is 4.79 Å². The Balaban J connectivity index is 1.75. The molecule has 9 heteroatoms. The number of hydrogen-bond donors (Lipinski definition) is 1. The Morgan fingerprint density at radius 1 is 1.26 bits per heavy atom. The summed E-state index contributed by atoms with van der Waals surface area (Å²) in [7, 11) is 0. The fourth-order valence-corrected chi connectivity index (χ4v) is 5.99. The fraction of sp³-hybridized carbons (Fsp3) is 0.111. The van der Waals surface area contributed by atoms with Gasteiger partial charge in [0.15, 0.2) is 4.34 Å². The summed E-state index contributed by atoms with van der Waals surface area (Å²) in [6.07, 6.45) is 1.77. The van der Waals surface area contributed by atoms with E-state index in [4.69, 9.17) is 17.3 Å². The third kappa shape index (κ3) is 3.84. The quantitative estimate of drug-likeness (QED) is 0.451. The minimum absolute atomic E-state index is 0.206. The number of benzene rings is 1. The van der Waals surface area contributed by atoms with Gasteiger partial charge in [-0.25, -0.2) is 15.0 Å². The number of carbonyl (C=O) groups is 1. The standard InChI is InChI=1S/C18H13ClN4OS3/c1-9-13(6-14(20)24)26-18(23-9)27-17-15-12(7-25-16(15)21-8-22-17)10-2-4-11(19)5-3-10/h2-5,7-8H,6H2,1H3,(H2,20,24). The monoisotopic (exact) mass is 432 g/mol. The molecule has 0 saturated carbocycles. The van der Waals surface area contributed by atoms with E-state index in [0.717, 1.165) is 41.3 Å². The van der Waals surface area contributed by atoms with Crippen LogP contribution in [0.1, 0.15) is 10.6 Å². The van der Waals surface area contributed by atoms with Crippen LogP contribution in [0.4, 0.5) is 0 Å². The molecule has 0 radical (unpaired) electrons. The second-order valence-electron chi connectivity index (χ2n) is 5.75. The van der Waals surface area contributed by atoms with Crippen LogP contribution < -0.4 is 5.73 Å². The molecule has 0 saturated heterocycles. The lowest BCUT2D eigenvalue weighted by molar-refractivity contribution is -0.117. The van der Waals surface area contributed by atoms with E-state index in [2.05, 4.69) is 20.3 Å². The number of carbonyl (C=O) groups excluding carboxylic acids is 1. The van der Waals surface area contributed by atoms with Gasteiger partial charge in [0.05, 0.1) is 17.5 Å². The summed E-state index contributed by atoms with van der Waals surface area (Å²) in [6.45, 7) is 1.89. The van der Waals surface area contributed by atoms with Gasteiger partial charge in [0, 0.05) is 20.8 Å². The van der Waals surface area contributed by atoms with Crippen LogP contribution in [0.5, 0.6) is 0 Å². The molecule has 3 heterocycles. The van der Waals surface area contributed by atoms with Gasteiger partial charge in [0.1, 0.15) is 16.2 Å². The van der Waals surface area contributed by atoms with Crippen LogP contribution in [0.15, 0.2) is 45.3 Å². The zero-order valence-electron chi connectivity index (χ0n) is 14.1. The predicted octanol–water partition coefficient (Wildman–Crippen LogP) is 4.96. The number of amides is 1. The number of primary amides is 1. The van der Waals surface area contributed by atoms with Crippen LogP contribution in [-0.2, 0) is 11.2 Å².